The summed E-state index contributed by atoms with van der Waals surface area (Å²) in [5, 5.41) is 9.83. The number of alkyl halides is 2. The van der Waals surface area contributed by atoms with Gasteiger partial charge in [-0.1, -0.05) is 18.2 Å². The molecular formula is C21H27F2NO2. The molecule has 1 N–H and O–H groups in total. The summed E-state index contributed by atoms with van der Waals surface area (Å²) in [6.07, 6.45) is 1.93. The van der Waals surface area contributed by atoms with Crippen LogP contribution in [0.5, 0.6) is 0 Å². The van der Waals surface area contributed by atoms with Crippen molar-refractivity contribution >= 4 is 5.91 Å². The zero-order valence-corrected chi connectivity index (χ0v) is 15.5. The predicted octanol–water partition coefficient (Wildman–Crippen LogP) is 4.19. The van der Waals surface area contributed by atoms with Gasteiger partial charge in [0.25, 0.3) is 6.43 Å². The second kappa shape index (κ2) is 6.01. The smallest absolute Gasteiger partial charge is 0.264 e. The second-order valence-corrected chi connectivity index (χ2v) is 9.15. The largest absolute Gasteiger partial charge is 0.390 e. The molecule has 26 heavy (non-hydrogen) atoms. The number of likely N-dealkylation sites (tertiary alicyclic amines) is 1. The molecule has 3 fully saturated rings. The van der Waals surface area contributed by atoms with Crippen molar-refractivity contribution in [1.29, 1.82) is 0 Å². The first-order chi connectivity index (χ1) is 12.2. The first-order valence-corrected chi connectivity index (χ1v) is 9.58. The lowest BCUT2D eigenvalue weighted by molar-refractivity contribution is -0.161. The summed E-state index contributed by atoms with van der Waals surface area (Å²) in [7, 11) is 0. The minimum Gasteiger partial charge on any atom is -0.390 e. The van der Waals surface area contributed by atoms with Gasteiger partial charge in [-0.25, -0.2) is 8.78 Å². The number of amides is 1. The molecule has 1 atom stereocenters. The molecule has 1 spiro atoms. The zero-order chi connectivity index (χ0) is 18.7. The van der Waals surface area contributed by atoms with E-state index in [-0.39, 0.29) is 22.8 Å². The van der Waals surface area contributed by atoms with Gasteiger partial charge in [-0.05, 0) is 63.0 Å². The lowest BCUT2D eigenvalue weighted by Crippen LogP contribution is -2.61. The summed E-state index contributed by atoms with van der Waals surface area (Å²) in [6.45, 7) is 5.17. The summed E-state index contributed by atoms with van der Waals surface area (Å²) in [6, 6.07) is 5.35. The van der Waals surface area contributed by atoms with Crippen LogP contribution in [-0.2, 0) is 4.79 Å². The first kappa shape index (κ1) is 17.9. The van der Waals surface area contributed by atoms with Gasteiger partial charge in [0, 0.05) is 30.0 Å². The summed E-state index contributed by atoms with van der Waals surface area (Å²) in [5.74, 6) is 0.592. The Labute approximate surface area is 153 Å². The Morgan fingerprint density at radius 2 is 1.96 bits per heavy atom. The number of benzene rings is 1. The number of hydrogen-bond donors (Lipinski definition) is 1. The fourth-order valence-corrected chi connectivity index (χ4v) is 5.33. The van der Waals surface area contributed by atoms with Crippen LogP contribution in [0.2, 0.25) is 0 Å². The molecule has 0 aromatic heterocycles. The van der Waals surface area contributed by atoms with E-state index in [1.807, 2.05) is 17.0 Å². The van der Waals surface area contributed by atoms with Gasteiger partial charge in [0.2, 0.25) is 5.91 Å². The van der Waals surface area contributed by atoms with Crippen LogP contribution in [-0.4, -0.2) is 34.6 Å². The number of nitrogens with zero attached hydrogens (tertiary/aromatic N) is 1. The van der Waals surface area contributed by atoms with E-state index >= 15 is 0 Å². The number of aryl methyl sites for hydroxylation is 1. The predicted molar refractivity (Wildman–Crippen MR) is 95.1 cm³/mol. The lowest BCUT2D eigenvalue weighted by Gasteiger charge is -2.52. The number of rotatable bonds is 3. The van der Waals surface area contributed by atoms with Crippen LogP contribution in [0.3, 0.4) is 0 Å². The molecular weight excluding hydrogens is 336 g/mol. The van der Waals surface area contributed by atoms with Crippen molar-refractivity contribution < 1.29 is 18.7 Å². The topological polar surface area (TPSA) is 40.5 Å². The standard InChI is InChI=1S/C21H27F2NO2/c1-13-7-14(3-4-17(13)18(22)23)15-5-6-21(10-15)11-24(12-21)19(25)16-8-20(2,26)9-16/h3-4,7,15-16,18,26H,5-6,8-12H2,1-2H3/t15?,16-,20+. The molecule has 142 valence electrons. The van der Waals surface area contributed by atoms with Crippen LogP contribution >= 0.6 is 0 Å². The molecule has 0 radical (unpaired) electrons. The minimum atomic E-state index is -2.42. The van der Waals surface area contributed by atoms with Crippen LogP contribution < -0.4 is 0 Å². The van der Waals surface area contributed by atoms with Crippen LogP contribution in [0, 0.1) is 18.3 Å². The van der Waals surface area contributed by atoms with Crippen LogP contribution in [0.4, 0.5) is 8.78 Å². The van der Waals surface area contributed by atoms with Crippen molar-refractivity contribution in [2.24, 2.45) is 11.3 Å². The van der Waals surface area contributed by atoms with Crippen molar-refractivity contribution in [3.8, 4) is 0 Å². The highest BCUT2D eigenvalue weighted by Gasteiger charge is 2.53. The molecule has 1 heterocycles. The van der Waals surface area contributed by atoms with Crippen molar-refractivity contribution in [1.82, 2.24) is 4.90 Å². The molecule has 2 aliphatic carbocycles. The van der Waals surface area contributed by atoms with Crippen molar-refractivity contribution in [2.75, 3.05) is 13.1 Å². The fraction of sp³-hybridized carbons (Fsp3) is 0.667. The third-order valence-electron chi connectivity index (χ3n) is 6.79. The Kier molecular flexibility index (Phi) is 4.14. The summed E-state index contributed by atoms with van der Waals surface area (Å²) in [4.78, 5) is 14.4. The molecule has 1 unspecified atom stereocenters. The van der Waals surface area contributed by atoms with Crippen molar-refractivity contribution in [3.05, 3.63) is 34.9 Å². The van der Waals surface area contributed by atoms with Gasteiger partial charge in [-0.3, -0.25) is 4.79 Å². The van der Waals surface area contributed by atoms with E-state index in [1.165, 1.54) is 0 Å². The molecule has 3 nitrogen and oxygen atoms in total. The second-order valence-electron chi connectivity index (χ2n) is 9.15. The summed E-state index contributed by atoms with van der Waals surface area (Å²) < 4.78 is 25.9. The molecule has 1 saturated heterocycles. The van der Waals surface area contributed by atoms with Crippen LogP contribution in [0.15, 0.2) is 18.2 Å². The van der Waals surface area contributed by atoms with Gasteiger partial charge in [0.15, 0.2) is 0 Å². The Bertz CT molecular complexity index is 717. The monoisotopic (exact) mass is 363 g/mol. The van der Waals surface area contributed by atoms with E-state index in [9.17, 15) is 18.7 Å². The van der Waals surface area contributed by atoms with Gasteiger partial charge in [-0.15, -0.1) is 0 Å². The quantitative estimate of drug-likeness (QED) is 0.875. The molecule has 1 amide bonds. The van der Waals surface area contributed by atoms with E-state index in [2.05, 4.69) is 0 Å². The maximum atomic E-state index is 12.9. The van der Waals surface area contributed by atoms with Crippen LogP contribution in [0.25, 0.3) is 0 Å². The average Bonchev–Trinajstić information content (AvgIpc) is 2.95. The minimum absolute atomic E-state index is 0.0101. The van der Waals surface area contributed by atoms with E-state index < -0.39 is 12.0 Å². The Morgan fingerprint density at radius 3 is 2.54 bits per heavy atom. The van der Waals surface area contributed by atoms with E-state index in [0.29, 0.717) is 24.3 Å². The number of carbonyl (C=O) groups excluding carboxylic acids is 1. The van der Waals surface area contributed by atoms with Gasteiger partial charge in [-0.2, -0.15) is 0 Å². The Hall–Kier alpha value is -1.49. The summed E-state index contributed by atoms with van der Waals surface area (Å²) >= 11 is 0. The molecule has 3 aliphatic rings. The number of halogens is 2. The van der Waals surface area contributed by atoms with Gasteiger partial charge in [0.05, 0.1) is 5.60 Å². The molecule has 1 aliphatic heterocycles. The van der Waals surface area contributed by atoms with Gasteiger partial charge in [0.1, 0.15) is 0 Å². The van der Waals surface area contributed by atoms with Crippen molar-refractivity contribution in [3.63, 3.8) is 0 Å². The molecule has 2 saturated carbocycles. The third-order valence-corrected chi connectivity index (χ3v) is 6.79. The maximum absolute atomic E-state index is 12.9. The highest BCUT2D eigenvalue weighted by Crippen LogP contribution is 2.53. The zero-order valence-electron chi connectivity index (χ0n) is 15.5. The van der Waals surface area contributed by atoms with Gasteiger partial charge < -0.3 is 10.0 Å². The third kappa shape index (κ3) is 3.04. The molecule has 1 aromatic rings. The maximum Gasteiger partial charge on any atom is 0.264 e. The fourth-order valence-electron chi connectivity index (χ4n) is 5.33. The van der Waals surface area contributed by atoms with E-state index in [1.54, 1.807) is 19.9 Å². The lowest BCUT2D eigenvalue weighted by atomic mass is 9.69. The Balaban J connectivity index is 1.35. The highest BCUT2D eigenvalue weighted by molar-refractivity contribution is 5.81. The number of hydrogen-bond acceptors (Lipinski definition) is 2. The highest BCUT2D eigenvalue weighted by atomic mass is 19.3. The number of aliphatic hydroxyl groups is 1. The molecule has 1 aromatic carbocycles. The van der Waals surface area contributed by atoms with Gasteiger partial charge >= 0.3 is 0 Å². The molecule has 5 heteroatoms. The van der Waals surface area contributed by atoms with E-state index in [4.69, 9.17) is 0 Å². The SMILES string of the molecule is Cc1cc(C2CCC3(C2)CN(C(=O)[C@H]2C[C@@](C)(O)C2)C3)ccc1C(F)F. The normalized spacial score (nSPS) is 32.6. The average molecular weight is 363 g/mol. The van der Waals surface area contributed by atoms with Crippen LogP contribution in [0.1, 0.15) is 68.1 Å². The van der Waals surface area contributed by atoms with E-state index in [0.717, 1.165) is 37.9 Å². The number of carbonyl (C=O) groups is 1. The summed E-state index contributed by atoms with van der Waals surface area (Å²) in [5.41, 5.74) is 1.49. The van der Waals surface area contributed by atoms with Crippen molar-refractivity contribution in [2.45, 2.75) is 63.9 Å². The molecule has 0 bridgehead atoms. The first-order valence-electron chi connectivity index (χ1n) is 9.58. The molecule has 4 rings (SSSR count). The Morgan fingerprint density at radius 1 is 1.27 bits per heavy atom.